The number of hydrogen-bond donors (Lipinski definition) is 0. The smallest absolute Gasteiger partial charge is 0.324 e. The quantitative estimate of drug-likeness (QED) is 0.610. The minimum Gasteiger partial charge on any atom is -0.381 e. The molecule has 0 aliphatic heterocycles. The van der Waals surface area contributed by atoms with Gasteiger partial charge in [-0.15, -0.1) is 11.6 Å². The molecule has 6 nitrogen and oxygen atoms in total. The molecule has 0 aromatic heterocycles. The van der Waals surface area contributed by atoms with Crippen LogP contribution in [0, 0.1) is 6.92 Å². The van der Waals surface area contributed by atoms with Gasteiger partial charge in [0, 0.05) is 6.07 Å². The molecule has 0 aliphatic rings. The Hall–Kier alpha value is -0.830. The van der Waals surface area contributed by atoms with Crippen molar-refractivity contribution in [1.82, 2.24) is 0 Å². The van der Waals surface area contributed by atoms with Crippen molar-refractivity contribution < 1.29 is 25.6 Å². The lowest BCUT2D eigenvalue weighted by Crippen LogP contribution is -2.11. The summed E-state index contributed by atoms with van der Waals surface area (Å²) in [6.07, 6.45) is 0. The van der Waals surface area contributed by atoms with E-state index in [-0.39, 0.29) is 5.75 Å². The normalized spacial score (nSPS) is 12.4. The summed E-state index contributed by atoms with van der Waals surface area (Å²) in [4.78, 5) is -0.567. The van der Waals surface area contributed by atoms with Gasteiger partial charge in [-0.05, 0) is 18.6 Å². The van der Waals surface area contributed by atoms with Gasteiger partial charge in [0.25, 0.3) is 0 Å². The van der Waals surface area contributed by atoms with Crippen LogP contribution < -0.4 is 4.18 Å². The number of halogens is 1. The lowest BCUT2D eigenvalue weighted by Gasteiger charge is -2.08. The standard InChI is InChI=1S/C8H8ClO6S2/c1-6-2-3-7(17(12,13)14)4-8(6)15-16(10,11)5-9/h2-4H,5H2,1H3. The Kier molecular flexibility index (Phi) is 4.03. The Morgan fingerprint density at radius 2 is 1.82 bits per heavy atom. The average molecular weight is 300 g/mol. The first-order chi connectivity index (χ1) is 7.65. The van der Waals surface area contributed by atoms with Crippen molar-refractivity contribution in [3.05, 3.63) is 23.8 Å². The fraction of sp³-hybridized carbons (Fsp3) is 0.250. The van der Waals surface area contributed by atoms with Crippen molar-refractivity contribution >= 4 is 31.8 Å². The maximum absolute atomic E-state index is 11.1. The lowest BCUT2D eigenvalue weighted by atomic mass is 10.2. The average Bonchev–Trinajstić information content (AvgIpc) is 2.19. The Morgan fingerprint density at radius 1 is 1.24 bits per heavy atom. The fourth-order valence-electron chi connectivity index (χ4n) is 0.985. The van der Waals surface area contributed by atoms with Gasteiger partial charge < -0.3 is 4.18 Å². The lowest BCUT2D eigenvalue weighted by molar-refractivity contribution is 0.413. The predicted molar refractivity (Wildman–Crippen MR) is 59.3 cm³/mol. The third kappa shape index (κ3) is 3.84. The number of alkyl halides is 1. The van der Waals surface area contributed by atoms with Crippen molar-refractivity contribution in [2.75, 3.05) is 5.21 Å². The van der Waals surface area contributed by atoms with E-state index in [9.17, 15) is 21.4 Å². The third-order valence-corrected chi connectivity index (χ3v) is 4.13. The van der Waals surface area contributed by atoms with E-state index in [0.29, 0.717) is 5.56 Å². The molecule has 95 valence electrons. The van der Waals surface area contributed by atoms with Crippen LogP contribution >= 0.6 is 11.6 Å². The van der Waals surface area contributed by atoms with Crippen molar-refractivity contribution in [2.45, 2.75) is 11.8 Å². The fourth-order valence-corrected chi connectivity index (χ4v) is 2.10. The van der Waals surface area contributed by atoms with Crippen LogP contribution in [0.5, 0.6) is 5.75 Å². The highest BCUT2D eigenvalue weighted by molar-refractivity contribution is 7.88. The van der Waals surface area contributed by atoms with Gasteiger partial charge in [-0.2, -0.15) is 16.8 Å². The van der Waals surface area contributed by atoms with Crippen molar-refractivity contribution in [1.29, 1.82) is 0 Å². The molecule has 0 bridgehead atoms. The molecule has 0 saturated heterocycles. The molecule has 0 fully saturated rings. The van der Waals surface area contributed by atoms with E-state index in [1.54, 1.807) is 0 Å². The number of aryl methyl sites for hydroxylation is 1. The van der Waals surface area contributed by atoms with Crippen LogP contribution in [0.15, 0.2) is 23.1 Å². The number of hydrogen-bond acceptors (Lipinski definition) is 5. The predicted octanol–water partition coefficient (Wildman–Crippen LogP) is 1.02. The Morgan fingerprint density at radius 3 is 2.29 bits per heavy atom. The summed E-state index contributed by atoms with van der Waals surface area (Å²) in [6.45, 7) is 1.50. The Bertz CT molecular complexity index is 619. The highest BCUT2D eigenvalue weighted by Crippen LogP contribution is 2.24. The molecule has 0 heterocycles. The molecule has 0 N–H and O–H groups in total. The van der Waals surface area contributed by atoms with Crippen LogP contribution in [0.3, 0.4) is 0 Å². The van der Waals surface area contributed by atoms with Gasteiger partial charge in [-0.3, -0.25) is 0 Å². The van der Waals surface area contributed by atoms with Gasteiger partial charge in [0.2, 0.25) is 0 Å². The van der Waals surface area contributed by atoms with Gasteiger partial charge >= 0.3 is 20.2 Å². The molecule has 0 spiro atoms. The van der Waals surface area contributed by atoms with Crippen LogP contribution in [0.1, 0.15) is 5.56 Å². The molecule has 0 aliphatic carbocycles. The first-order valence-corrected chi connectivity index (χ1v) is 7.72. The summed E-state index contributed by atoms with van der Waals surface area (Å²) in [6, 6.07) is 3.18. The summed E-state index contributed by atoms with van der Waals surface area (Å²) in [5.41, 5.74) is 0.367. The molecular weight excluding hydrogens is 292 g/mol. The van der Waals surface area contributed by atoms with Crippen LogP contribution in [-0.2, 0) is 24.8 Å². The monoisotopic (exact) mass is 299 g/mol. The van der Waals surface area contributed by atoms with Gasteiger partial charge in [-0.1, -0.05) is 10.6 Å². The van der Waals surface area contributed by atoms with Gasteiger partial charge in [0.1, 0.15) is 10.6 Å². The van der Waals surface area contributed by atoms with E-state index >= 15 is 0 Å². The van der Waals surface area contributed by atoms with Crippen molar-refractivity contribution in [3.63, 3.8) is 0 Å². The minimum absolute atomic E-state index is 0.234. The largest absolute Gasteiger partial charge is 0.381 e. The Labute approximate surface area is 104 Å². The second-order valence-electron chi connectivity index (χ2n) is 3.13. The summed E-state index contributed by atoms with van der Waals surface area (Å²) in [7, 11) is -8.65. The molecule has 0 saturated carbocycles. The zero-order chi connectivity index (χ0) is 13.3. The molecule has 1 aromatic carbocycles. The zero-order valence-electron chi connectivity index (χ0n) is 8.58. The minimum atomic E-state index is -4.66. The van der Waals surface area contributed by atoms with Crippen molar-refractivity contribution in [3.8, 4) is 5.75 Å². The topological polar surface area (TPSA) is 97.4 Å². The van der Waals surface area contributed by atoms with Crippen LogP contribution in [0.2, 0.25) is 0 Å². The summed E-state index contributed by atoms with van der Waals surface area (Å²) >= 11 is 5.13. The first-order valence-electron chi connectivity index (χ1n) is 4.20. The zero-order valence-corrected chi connectivity index (χ0v) is 11.0. The molecule has 17 heavy (non-hydrogen) atoms. The summed E-state index contributed by atoms with van der Waals surface area (Å²) in [5.74, 6) is -0.234. The van der Waals surface area contributed by atoms with E-state index in [1.165, 1.54) is 13.0 Å². The second-order valence-corrected chi connectivity index (χ2v) is 6.67. The molecule has 1 radical (unpaired) electrons. The van der Waals surface area contributed by atoms with Crippen molar-refractivity contribution in [2.24, 2.45) is 0 Å². The molecular formula is C8H8ClO6S2. The highest BCUT2D eigenvalue weighted by atomic mass is 35.5. The maximum Gasteiger partial charge on any atom is 0.324 e. The number of rotatable bonds is 4. The summed E-state index contributed by atoms with van der Waals surface area (Å²) in [5, 5.41) is -0.777. The van der Waals surface area contributed by atoms with E-state index in [2.05, 4.69) is 4.18 Å². The molecule has 1 rings (SSSR count). The van der Waals surface area contributed by atoms with Crippen LogP contribution in [0.25, 0.3) is 0 Å². The maximum atomic E-state index is 11.1. The molecule has 0 atom stereocenters. The first kappa shape index (κ1) is 14.2. The van der Waals surface area contributed by atoms with Crippen LogP contribution in [0.4, 0.5) is 0 Å². The molecule has 0 amide bonds. The molecule has 9 heteroatoms. The Balaban J connectivity index is 3.26. The van der Waals surface area contributed by atoms with Crippen LogP contribution in [-0.4, -0.2) is 22.0 Å². The van der Waals surface area contributed by atoms with Gasteiger partial charge in [-0.25, -0.2) is 0 Å². The van der Waals surface area contributed by atoms with E-state index in [4.69, 9.17) is 11.6 Å². The molecule has 1 aromatic rings. The SMILES string of the molecule is Cc1ccc(S([O])(=O)=O)cc1OS(=O)(=O)CCl. The van der Waals surface area contributed by atoms with Gasteiger partial charge in [0.15, 0.2) is 5.21 Å². The van der Waals surface area contributed by atoms with Gasteiger partial charge in [0.05, 0.1) is 0 Å². The summed E-state index contributed by atoms with van der Waals surface area (Å²) < 4.78 is 59.0. The highest BCUT2D eigenvalue weighted by Gasteiger charge is 2.17. The third-order valence-electron chi connectivity index (χ3n) is 1.80. The second kappa shape index (κ2) is 4.81. The van der Waals surface area contributed by atoms with E-state index in [0.717, 1.165) is 12.1 Å². The number of benzene rings is 1. The van der Waals surface area contributed by atoms with E-state index < -0.39 is 30.3 Å². The van der Waals surface area contributed by atoms with E-state index in [1.807, 2.05) is 0 Å². The molecule has 0 unspecified atom stereocenters.